The molecule has 1 aromatic heterocycles. The molecular formula is C14H15N3O3. The monoisotopic (exact) mass is 273 g/mol. The molecule has 20 heavy (non-hydrogen) atoms. The van der Waals surface area contributed by atoms with Gasteiger partial charge in [-0.15, -0.1) is 0 Å². The molecule has 2 N–H and O–H groups in total. The number of nitrogens with one attached hydrogen (secondary N) is 2. The zero-order valence-electron chi connectivity index (χ0n) is 11.3. The quantitative estimate of drug-likeness (QED) is 0.895. The van der Waals surface area contributed by atoms with Gasteiger partial charge in [0.2, 0.25) is 5.91 Å². The van der Waals surface area contributed by atoms with Crippen molar-refractivity contribution in [2.75, 3.05) is 19.5 Å². The summed E-state index contributed by atoms with van der Waals surface area (Å²) in [5.41, 5.74) is 2.65. The Morgan fingerprint density at radius 3 is 2.65 bits per heavy atom. The fraction of sp³-hybridized carbons (Fsp3) is 0.286. The summed E-state index contributed by atoms with van der Waals surface area (Å²) in [4.78, 5) is 19.0. The van der Waals surface area contributed by atoms with E-state index in [0.29, 0.717) is 17.9 Å². The van der Waals surface area contributed by atoms with Crippen molar-refractivity contribution in [1.82, 2.24) is 9.97 Å². The summed E-state index contributed by atoms with van der Waals surface area (Å²) in [6, 6.07) is 3.69. The first-order valence-electron chi connectivity index (χ1n) is 6.27. The highest BCUT2D eigenvalue weighted by molar-refractivity contribution is 5.95. The Balaban J connectivity index is 2.13. The maximum absolute atomic E-state index is 11.9. The van der Waals surface area contributed by atoms with E-state index in [1.165, 1.54) is 0 Å². The van der Waals surface area contributed by atoms with Gasteiger partial charge in [-0.3, -0.25) is 4.79 Å². The molecule has 6 heteroatoms. The Labute approximate surface area is 116 Å². The number of aromatic nitrogens is 2. The van der Waals surface area contributed by atoms with Gasteiger partial charge in [-0.25, -0.2) is 4.98 Å². The standard InChI is InChI=1S/C14H15N3O3/c1-19-12-3-8-9(11-6-15-7-16-11)4-14(18)17-10(8)5-13(12)20-2/h3,5-7,9H,4H2,1-2H3,(H,15,16)(H,17,18). The zero-order chi connectivity index (χ0) is 14.1. The Bertz CT molecular complexity index is 637. The van der Waals surface area contributed by atoms with Crippen LogP contribution in [0.25, 0.3) is 0 Å². The average Bonchev–Trinajstić information content (AvgIpc) is 2.98. The second-order valence-corrected chi connectivity index (χ2v) is 4.61. The van der Waals surface area contributed by atoms with Crippen LogP contribution in [0.1, 0.15) is 23.6 Å². The SMILES string of the molecule is COc1cc2c(cc1OC)C(c1cnc[nH]1)CC(=O)N2. The summed E-state index contributed by atoms with van der Waals surface area (Å²) < 4.78 is 10.6. The first kappa shape index (κ1) is 12.5. The molecule has 1 atom stereocenters. The number of hydrogen-bond acceptors (Lipinski definition) is 4. The number of nitrogens with zero attached hydrogens (tertiary/aromatic N) is 1. The number of amides is 1. The summed E-state index contributed by atoms with van der Waals surface area (Å²) in [7, 11) is 3.16. The summed E-state index contributed by atoms with van der Waals surface area (Å²) in [6.45, 7) is 0. The molecule has 104 valence electrons. The highest BCUT2D eigenvalue weighted by Crippen LogP contribution is 2.42. The molecule has 1 unspecified atom stereocenters. The topological polar surface area (TPSA) is 76.2 Å². The van der Waals surface area contributed by atoms with Gasteiger partial charge in [-0.05, 0) is 11.6 Å². The number of H-pyrrole nitrogens is 1. The highest BCUT2D eigenvalue weighted by Gasteiger charge is 2.29. The number of aromatic amines is 1. The van der Waals surface area contributed by atoms with Crippen LogP contribution in [0.5, 0.6) is 11.5 Å². The molecule has 0 spiro atoms. The van der Waals surface area contributed by atoms with Gasteiger partial charge in [0.15, 0.2) is 11.5 Å². The second-order valence-electron chi connectivity index (χ2n) is 4.61. The predicted molar refractivity (Wildman–Crippen MR) is 73.2 cm³/mol. The fourth-order valence-electron chi connectivity index (χ4n) is 2.52. The third kappa shape index (κ3) is 1.99. The molecule has 1 aliphatic rings. The first-order chi connectivity index (χ1) is 9.72. The molecule has 0 aliphatic carbocycles. The molecule has 0 radical (unpaired) electrons. The molecule has 2 aromatic rings. The van der Waals surface area contributed by atoms with Crippen molar-refractivity contribution in [3.8, 4) is 11.5 Å². The smallest absolute Gasteiger partial charge is 0.225 e. The molecule has 0 saturated heterocycles. The van der Waals surface area contributed by atoms with Crippen molar-refractivity contribution < 1.29 is 14.3 Å². The van der Waals surface area contributed by atoms with Crippen LogP contribution in [0, 0.1) is 0 Å². The van der Waals surface area contributed by atoms with Crippen molar-refractivity contribution in [1.29, 1.82) is 0 Å². The van der Waals surface area contributed by atoms with Crippen LogP contribution >= 0.6 is 0 Å². The fourth-order valence-corrected chi connectivity index (χ4v) is 2.52. The molecule has 3 rings (SSSR count). The molecule has 0 fully saturated rings. The zero-order valence-corrected chi connectivity index (χ0v) is 11.3. The molecule has 0 saturated carbocycles. The minimum atomic E-state index is -0.0546. The van der Waals surface area contributed by atoms with Crippen LogP contribution < -0.4 is 14.8 Å². The highest BCUT2D eigenvalue weighted by atomic mass is 16.5. The largest absolute Gasteiger partial charge is 0.493 e. The minimum Gasteiger partial charge on any atom is -0.493 e. The lowest BCUT2D eigenvalue weighted by molar-refractivity contribution is -0.116. The number of benzene rings is 1. The first-order valence-corrected chi connectivity index (χ1v) is 6.27. The lowest BCUT2D eigenvalue weighted by Crippen LogP contribution is -2.23. The Hall–Kier alpha value is -2.50. The molecule has 0 bridgehead atoms. The maximum Gasteiger partial charge on any atom is 0.225 e. The maximum atomic E-state index is 11.9. The Morgan fingerprint density at radius 1 is 1.25 bits per heavy atom. The van der Waals surface area contributed by atoms with Crippen molar-refractivity contribution in [2.45, 2.75) is 12.3 Å². The van der Waals surface area contributed by atoms with Gasteiger partial charge in [0.1, 0.15) is 0 Å². The van der Waals surface area contributed by atoms with Crippen LogP contribution in [-0.2, 0) is 4.79 Å². The number of carbonyl (C=O) groups is 1. The number of rotatable bonds is 3. The van der Waals surface area contributed by atoms with Crippen molar-refractivity contribution in [3.05, 3.63) is 35.9 Å². The van der Waals surface area contributed by atoms with E-state index >= 15 is 0 Å². The molecular weight excluding hydrogens is 258 g/mol. The molecule has 1 aromatic carbocycles. The molecule has 6 nitrogen and oxygen atoms in total. The number of methoxy groups -OCH3 is 2. The number of carbonyl (C=O) groups excluding carboxylic acids is 1. The number of imidazole rings is 1. The number of hydrogen-bond donors (Lipinski definition) is 2. The number of ether oxygens (including phenoxy) is 2. The number of fused-ring (bicyclic) bond motifs is 1. The van der Waals surface area contributed by atoms with Gasteiger partial charge in [0.05, 0.1) is 20.5 Å². The van der Waals surface area contributed by atoms with Crippen molar-refractivity contribution in [3.63, 3.8) is 0 Å². The van der Waals surface area contributed by atoms with E-state index in [-0.39, 0.29) is 11.8 Å². The van der Waals surface area contributed by atoms with Gasteiger partial charge in [0, 0.05) is 36.0 Å². The third-order valence-corrected chi connectivity index (χ3v) is 3.49. The summed E-state index contributed by atoms with van der Waals surface area (Å²) in [6.07, 6.45) is 3.73. The molecule has 1 amide bonds. The van der Waals surface area contributed by atoms with Crippen LogP contribution in [0.3, 0.4) is 0 Å². The average molecular weight is 273 g/mol. The normalized spacial score (nSPS) is 17.3. The minimum absolute atomic E-state index is 0.0238. The molecule has 1 aliphatic heterocycles. The number of anilines is 1. The summed E-state index contributed by atoms with van der Waals surface area (Å²) in [5, 5.41) is 2.87. The van der Waals surface area contributed by atoms with E-state index in [4.69, 9.17) is 9.47 Å². The van der Waals surface area contributed by atoms with E-state index < -0.39 is 0 Å². The third-order valence-electron chi connectivity index (χ3n) is 3.49. The molecule has 2 heterocycles. The van der Waals surface area contributed by atoms with E-state index in [2.05, 4.69) is 15.3 Å². The van der Waals surface area contributed by atoms with Gasteiger partial charge in [-0.1, -0.05) is 0 Å². The second kappa shape index (κ2) is 4.88. The predicted octanol–water partition coefficient (Wildman–Crippen LogP) is 1.90. The van der Waals surface area contributed by atoms with E-state index in [1.54, 1.807) is 32.8 Å². The Kier molecular flexibility index (Phi) is 3.06. The summed E-state index contributed by atoms with van der Waals surface area (Å²) in [5.74, 6) is 1.16. The lowest BCUT2D eigenvalue weighted by Gasteiger charge is -2.26. The van der Waals surface area contributed by atoms with Gasteiger partial charge < -0.3 is 19.8 Å². The van der Waals surface area contributed by atoms with Crippen LogP contribution in [0.15, 0.2) is 24.7 Å². The van der Waals surface area contributed by atoms with Gasteiger partial charge in [-0.2, -0.15) is 0 Å². The Morgan fingerprint density at radius 2 is 2.00 bits per heavy atom. The van der Waals surface area contributed by atoms with Crippen LogP contribution in [0.2, 0.25) is 0 Å². The van der Waals surface area contributed by atoms with Crippen molar-refractivity contribution >= 4 is 11.6 Å². The van der Waals surface area contributed by atoms with Crippen LogP contribution in [-0.4, -0.2) is 30.1 Å². The van der Waals surface area contributed by atoms with E-state index in [1.807, 2.05) is 6.07 Å². The summed E-state index contributed by atoms with van der Waals surface area (Å²) >= 11 is 0. The van der Waals surface area contributed by atoms with Crippen molar-refractivity contribution in [2.24, 2.45) is 0 Å². The van der Waals surface area contributed by atoms with Gasteiger partial charge >= 0.3 is 0 Å². The van der Waals surface area contributed by atoms with E-state index in [0.717, 1.165) is 16.9 Å². The van der Waals surface area contributed by atoms with E-state index in [9.17, 15) is 4.79 Å². The lowest BCUT2D eigenvalue weighted by atomic mass is 9.88. The van der Waals surface area contributed by atoms with Crippen LogP contribution in [0.4, 0.5) is 5.69 Å². The van der Waals surface area contributed by atoms with Gasteiger partial charge in [0.25, 0.3) is 0 Å².